The molecule has 0 bridgehead atoms. The summed E-state index contributed by atoms with van der Waals surface area (Å²) in [6, 6.07) is 0. The molecule has 0 unspecified atom stereocenters. The van der Waals surface area contributed by atoms with E-state index < -0.39 is 0 Å². The molecule has 3 rings (SSSR count). The predicted molar refractivity (Wildman–Crippen MR) is 91.3 cm³/mol. The Morgan fingerprint density at radius 1 is 1.10 bits per heavy atom. The van der Waals surface area contributed by atoms with Crippen LogP contribution >= 0.6 is 15.9 Å². The van der Waals surface area contributed by atoms with Crippen molar-refractivity contribution >= 4 is 15.9 Å². The molecule has 2 N–H and O–H groups in total. The van der Waals surface area contributed by atoms with Gasteiger partial charge in [0, 0.05) is 17.5 Å². The topological polar surface area (TPSA) is 35.2 Å². The number of benzene rings is 1. The van der Waals surface area contributed by atoms with Crippen LogP contribution in [0.4, 0.5) is 0 Å². The molecule has 0 atom stereocenters. The summed E-state index contributed by atoms with van der Waals surface area (Å²) in [6.45, 7) is 3.03. The number of methoxy groups -OCH3 is 1. The Labute approximate surface area is 136 Å². The number of halogens is 1. The first-order valence-electron chi connectivity index (χ1n) is 8.23. The highest BCUT2D eigenvalue weighted by Gasteiger charge is 2.40. The third kappa shape index (κ3) is 2.33. The quantitative estimate of drug-likeness (QED) is 0.874. The Hall–Kier alpha value is -0.540. The minimum atomic E-state index is 0.129. The van der Waals surface area contributed by atoms with Crippen LogP contribution in [-0.2, 0) is 18.3 Å². The van der Waals surface area contributed by atoms with Crippen molar-refractivity contribution in [2.75, 3.05) is 13.7 Å². The lowest BCUT2D eigenvalue weighted by Crippen LogP contribution is -2.34. The van der Waals surface area contributed by atoms with Crippen LogP contribution in [0, 0.1) is 6.92 Å². The highest BCUT2D eigenvalue weighted by molar-refractivity contribution is 9.10. The van der Waals surface area contributed by atoms with Crippen LogP contribution in [0.15, 0.2) is 4.47 Å². The van der Waals surface area contributed by atoms with Crippen LogP contribution in [0.3, 0.4) is 0 Å². The maximum atomic E-state index is 6.25. The van der Waals surface area contributed by atoms with Crippen LogP contribution in [0.2, 0.25) is 0 Å². The predicted octanol–water partition coefficient (Wildman–Crippen LogP) is 4.42. The molecule has 0 saturated heterocycles. The smallest absolute Gasteiger partial charge is 0.137 e. The van der Waals surface area contributed by atoms with Crippen molar-refractivity contribution in [3.05, 3.63) is 26.7 Å². The molecule has 0 spiro atoms. The molecule has 2 nitrogen and oxygen atoms in total. The molecule has 0 heterocycles. The maximum Gasteiger partial charge on any atom is 0.137 e. The molecule has 3 heteroatoms. The molecule has 116 valence electrons. The lowest BCUT2D eigenvalue weighted by molar-refractivity contribution is 0.372. The third-order valence-corrected chi connectivity index (χ3v) is 6.51. The number of fused-ring (bicyclic) bond motifs is 1. The van der Waals surface area contributed by atoms with Gasteiger partial charge in [-0.25, -0.2) is 0 Å². The van der Waals surface area contributed by atoms with Crippen molar-refractivity contribution in [2.24, 2.45) is 5.73 Å². The molecule has 0 aliphatic heterocycles. The highest BCUT2D eigenvalue weighted by atomic mass is 79.9. The van der Waals surface area contributed by atoms with Crippen molar-refractivity contribution in [3.63, 3.8) is 0 Å². The molecule has 1 aromatic rings. The van der Waals surface area contributed by atoms with Gasteiger partial charge in [0.2, 0.25) is 0 Å². The number of rotatable bonds is 3. The van der Waals surface area contributed by atoms with E-state index in [2.05, 4.69) is 22.9 Å². The zero-order valence-corrected chi connectivity index (χ0v) is 14.8. The Bertz CT molecular complexity index is 547. The van der Waals surface area contributed by atoms with Gasteiger partial charge in [-0.1, -0.05) is 12.8 Å². The molecule has 2 aliphatic rings. The van der Waals surface area contributed by atoms with E-state index in [0.717, 1.165) is 12.3 Å². The Balaban J connectivity index is 2.26. The zero-order chi connectivity index (χ0) is 15.0. The van der Waals surface area contributed by atoms with Crippen molar-refractivity contribution in [2.45, 2.75) is 63.7 Å². The Morgan fingerprint density at radius 3 is 2.29 bits per heavy atom. The molecular weight excluding hydrogens is 326 g/mol. The van der Waals surface area contributed by atoms with Crippen LogP contribution in [-0.4, -0.2) is 13.7 Å². The lowest BCUT2D eigenvalue weighted by Gasteiger charge is -2.35. The SMILES string of the molecule is COc1c(Br)c2c(c(C)c1C1(CN)CCCC1)CCCC2. The van der Waals surface area contributed by atoms with E-state index in [9.17, 15) is 0 Å². The van der Waals surface area contributed by atoms with E-state index in [4.69, 9.17) is 10.5 Å². The first kappa shape index (κ1) is 15.4. The fraction of sp³-hybridized carbons (Fsp3) is 0.667. The number of nitrogens with two attached hydrogens (primary N) is 1. The first-order valence-corrected chi connectivity index (χ1v) is 9.02. The fourth-order valence-electron chi connectivity index (χ4n) is 4.57. The van der Waals surface area contributed by atoms with Gasteiger partial charge in [-0.05, 0) is 78.1 Å². The van der Waals surface area contributed by atoms with Crippen LogP contribution in [0.5, 0.6) is 5.75 Å². The van der Waals surface area contributed by atoms with E-state index in [1.165, 1.54) is 72.5 Å². The monoisotopic (exact) mass is 351 g/mol. The molecule has 1 aromatic carbocycles. The molecule has 0 radical (unpaired) electrons. The van der Waals surface area contributed by atoms with Crippen LogP contribution in [0.1, 0.15) is 60.8 Å². The highest BCUT2D eigenvalue weighted by Crippen LogP contribution is 2.50. The molecule has 1 fully saturated rings. The summed E-state index contributed by atoms with van der Waals surface area (Å²) in [4.78, 5) is 0. The largest absolute Gasteiger partial charge is 0.495 e. The van der Waals surface area contributed by atoms with Gasteiger partial charge in [0.1, 0.15) is 5.75 Å². The van der Waals surface area contributed by atoms with Gasteiger partial charge in [0.05, 0.1) is 11.6 Å². The van der Waals surface area contributed by atoms with Gasteiger partial charge in [-0.15, -0.1) is 0 Å². The van der Waals surface area contributed by atoms with E-state index in [1.54, 1.807) is 12.7 Å². The van der Waals surface area contributed by atoms with Crippen molar-refractivity contribution in [1.29, 1.82) is 0 Å². The van der Waals surface area contributed by atoms with Gasteiger partial charge >= 0.3 is 0 Å². The van der Waals surface area contributed by atoms with Crippen molar-refractivity contribution < 1.29 is 4.74 Å². The van der Waals surface area contributed by atoms with Gasteiger partial charge in [-0.2, -0.15) is 0 Å². The zero-order valence-electron chi connectivity index (χ0n) is 13.2. The summed E-state index contributed by atoms with van der Waals surface area (Å²) in [5.41, 5.74) is 12.3. The molecule has 21 heavy (non-hydrogen) atoms. The minimum Gasteiger partial charge on any atom is -0.495 e. The van der Waals surface area contributed by atoms with Gasteiger partial charge in [-0.3, -0.25) is 0 Å². The van der Waals surface area contributed by atoms with E-state index in [1.807, 2.05) is 0 Å². The number of ether oxygens (including phenoxy) is 1. The van der Waals surface area contributed by atoms with E-state index in [-0.39, 0.29) is 5.41 Å². The summed E-state index contributed by atoms with van der Waals surface area (Å²) in [6.07, 6.45) is 9.94. The summed E-state index contributed by atoms with van der Waals surface area (Å²) >= 11 is 3.85. The maximum absolute atomic E-state index is 6.25. The second-order valence-corrected chi connectivity index (χ2v) is 7.50. The Morgan fingerprint density at radius 2 is 1.71 bits per heavy atom. The lowest BCUT2D eigenvalue weighted by atomic mass is 9.73. The second-order valence-electron chi connectivity index (χ2n) is 6.70. The third-order valence-electron chi connectivity index (χ3n) is 5.67. The van der Waals surface area contributed by atoms with Gasteiger partial charge in [0.15, 0.2) is 0 Å². The molecule has 2 aliphatic carbocycles. The average molecular weight is 352 g/mol. The van der Waals surface area contributed by atoms with Crippen LogP contribution < -0.4 is 10.5 Å². The summed E-state index contributed by atoms with van der Waals surface area (Å²) in [7, 11) is 1.80. The first-order chi connectivity index (χ1) is 10.1. The standard InChI is InChI=1S/C18H26BrNO/c1-12-13-7-3-4-8-14(13)16(19)17(21-2)15(12)18(11-20)9-5-6-10-18/h3-11,20H2,1-2H3. The summed E-state index contributed by atoms with van der Waals surface area (Å²) in [5.74, 6) is 1.06. The number of hydrogen-bond donors (Lipinski definition) is 1. The van der Waals surface area contributed by atoms with Gasteiger partial charge in [0.25, 0.3) is 0 Å². The molecular formula is C18H26BrNO. The van der Waals surface area contributed by atoms with Crippen LogP contribution in [0.25, 0.3) is 0 Å². The normalized spacial score (nSPS) is 20.4. The molecule has 1 saturated carbocycles. The minimum absolute atomic E-state index is 0.129. The van der Waals surface area contributed by atoms with Gasteiger partial charge < -0.3 is 10.5 Å². The number of hydrogen-bond acceptors (Lipinski definition) is 2. The second kappa shape index (κ2) is 5.92. The van der Waals surface area contributed by atoms with Crippen molar-refractivity contribution in [3.8, 4) is 5.75 Å². The molecule has 0 amide bonds. The van der Waals surface area contributed by atoms with Crippen molar-refractivity contribution in [1.82, 2.24) is 0 Å². The fourth-order valence-corrected chi connectivity index (χ4v) is 5.37. The summed E-state index contributed by atoms with van der Waals surface area (Å²) < 4.78 is 7.05. The molecule has 0 aromatic heterocycles. The average Bonchev–Trinajstić information content (AvgIpc) is 3.00. The summed E-state index contributed by atoms with van der Waals surface area (Å²) in [5, 5.41) is 0. The van der Waals surface area contributed by atoms with E-state index in [0.29, 0.717) is 0 Å². The Kier molecular flexibility index (Phi) is 4.33. The van der Waals surface area contributed by atoms with E-state index >= 15 is 0 Å².